The molecule has 2 nitrogen and oxygen atoms in total. The number of benzene rings is 1. The zero-order valence-electron chi connectivity index (χ0n) is 10.0. The van der Waals surface area contributed by atoms with Gasteiger partial charge in [0, 0.05) is 18.3 Å². The lowest BCUT2D eigenvalue weighted by Gasteiger charge is -2.14. The van der Waals surface area contributed by atoms with E-state index in [1.165, 1.54) is 24.7 Å². The Bertz CT molecular complexity index is 397. The first-order valence-electron chi connectivity index (χ1n) is 6.12. The van der Waals surface area contributed by atoms with Gasteiger partial charge in [-0.05, 0) is 36.3 Å². The van der Waals surface area contributed by atoms with Crippen molar-refractivity contribution in [2.75, 3.05) is 18.8 Å². The fourth-order valence-electron chi connectivity index (χ4n) is 2.02. The van der Waals surface area contributed by atoms with Crippen molar-refractivity contribution < 1.29 is 13.9 Å². The minimum absolute atomic E-state index is 0.363. The summed E-state index contributed by atoms with van der Waals surface area (Å²) >= 11 is 1.94. The summed E-state index contributed by atoms with van der Waals surface area (Å²) in [4.78, 5) is 0. The molecule has 1 aromatic rings. The first-order chi connectivity index (χ1) is 8.66. The third-order valence-corrected chi connectivity index (χ3v) is 4.46. The second kappa shape index (κ2) is 6.50. The number of halogens is 2. The van der Waals surface area contributed by atoms with Crippen LogP contribution in [0.2, 0.25) is 0 Å². The van der Waals surface area contributed by atoms with Gasteiger partial charge in [-0.15, -0.1) is 0 Å². The molecule has 2 atom stereocenters. The van der Waals surface area contributed by atoms with Gasteiger partial charge in [-0.1, -0.05) is 6.07 Å². The fourth-order valence-corrected chi connectivity index (χ4v) is 3.26. The monoisotopic (exact) mass is 273 g/mol. The van der Waals surface area contributed by atoms with E-state index in [1.54, 1.807) is 0 Å². The third-order valence-electron chi connectivity index (χ3n) is 3.06. The van der Waals surface area contributed by atoms with Crippen molar-refractivity contribution >= 4 is 11.8 Å². The van der Waals surface area contributed by atoms with Gasteiger partial charge in [-0.3, -0.25) is 0 Å². The van der Waals surface area contributed by atoms with Crippen molar-refractivity contribution in [2.24, 2.45) is 0 Å². The molecule has 0 aliphatic carbocycles. The van der Waals surface area contributed by atoms with E-state index in [1.807, 2.05) is 11.8 Å². The topological polar surface area (TPSA) is 32.3 Å². The largest absolute Gasteiger partial charge is 0.387 e. The zero-order chi connectivity index (χ0) is 13.0. The Labute approximate surface area is 110 Å². The molecule has 2 rings (SSSR count). The maximum absolute atomic E-state index is 13.0. The van der Waals surface area contributed by atoms with Gasteiger partial charge in [-0.2, -0.15) is 11.8 Å². The molecule has 0 amide bonds. The maximum Gasteiger partial charge on any atom is 0.159 e. The highest BCUT2D eigenvalue weighted by Crippen LogP contribution is 2.25. The van der Waals surface area contributed by atoms with Crippen LogP contribution < -0.4 is 5.32 Å². The van der Waals surface area contributed by atoms with Gasteiger partial charge in [0.2, 0.25) is 0 Å². The number of thioether (sulfide) groups is 1. The molecule has 2 unspecified atom stereocenters. The Hall–Kier alpha value is -0.650. The zero-order valence-corrected chi connectivity index (χ0v) is 10.9. The third kappa shape index (κ3) is 3.67. The smallest absolute Gasteiger partial charge is 0.159 e. The molecule has 18 heavy (non-hydrogen) atoms. The lowest BCUT2D eigenvalue weighted by Crippen LogP contribution is -2.27. The first kappa shape index (κ1) is 13.8. The van der Waals surface area contributed by atoms with Crippen molar-refractivity contribution in [1.82, 2.24) is 5.32 Å². The predicted octanol–water partition coefficient (Wildman–Crippen LogP) is 2.48. The molecule has 1 saturated heterocycles. The number of hydrogen-bond donors (Lipinski definition) is 2. The summed E-state index contributed by atoms with van der Waals surface area (Å²) in [5, 5.41) is 13.6. The summed E-state index contributed by atoms with van der Waals surface area (Å²) in [6.07, 6.45) is 1.66. The summed E-state index contributed by atoms with van der Waals surface area (Å²) < 4.78 is 25.7. The number of rotatable bonds is 5. The van der Waals surface area contributed by atoms with Crippen molar-refractivity contribution in [3.63, 3.8) is 0 Å². The average molecular weight is 273 g/mol. The molecule has 0 radical (unpaired) electrons. The molecule has 1 aliphatic heterocycles. The second-order valence-corrected chi connectivity index (χ2v) is 5.89. The van der Waals surface area contributed by atoms with Crippen LogP contribution in [0.5, 0.6) is 0 Å². The number of hydrogen-bond acceptors (Lipinski definition) is 3. The van der Waals surface area contributed by atoms with Gasteiger partial charge in [0.05, 0.1) is 6.10 Å². The van der Waals surface area contributed by atoms with Crippen molar-refractivity contribution in [3.8, 4) is 0 Å². The Kier molecular flexibility index (Phi) is 4.97. The van der Waals surface area contributed by atoms with E-state index < -0.39 is 17.7 Å². The predicted molar refractivity (Wildman–Crippen MR) is 69.7 cm³/mol. The van der Waals surface area contributed by atoms with Crippen LogP contribution in [-0.2, 0) is 0 Å². The molecule has 0 spiro atoms. The number of aliphatic hydroxyl groups is 1. The van der Waals surface area contributed by atoms with E-state index in [2.05, 4.69) is 5.32 Å². The van der Waals surface area contributed by atoms with E-state index >= 15 is 0 Å². The Balaban J connectivity index is 1.79. The summed E-state index contributed by atoms with van der Waals surface area (Å²) in [5.74, 6) is -0.600. The molecular formula is C13H17F2NOS. The van der Waals surface area contributed by atoms with Crippen molar-refractivity contribution in [3.05, 3.63) is 35.4 Å². The van der Waals surface area contributed by atoms with E-state index in [0.29, 0.717) is 17.4 Å². The molecule has 1 fully saturated rings. The molecule has 100 valence electrons. The first-order valence-corrected chi connectivity index (χ1v) is 7.17. The van der Waals surface area contributed by atoms with Crippen LogP contribution in [0.15, 0.2) is 18.2 Å². The van der Waals surface area contributed by atoms with E-state index in [9.17, 15) is 13.9 Å². The minimum atomic E-state index is -0.919. The summed E-state index contributed by atoms with van der Waals surface area (Å²) in [6.45, 7) is 1.22. The number of nitrogens with one attached hydrogen (secondary N) is 1. The SMILES string of the molecule is OC(CNCC1CCCS1)c1ccc(F)c(F)c1. The molecule has 1 heterocycles. The lowest BCUT2D eigenvalue weighted by molar-refractivity contribution is 0.174. The van der Waals surface area contributed by atoms with Crippen LogP contribution in [0.1, 0.15) is 24.5 Å². The Morgan fingerprint density at radius 3 is 2.89 bits per heavy atom. The highest BCUT2D eigenvalue weighted by molar-refractivity contribution is 8.00. The van der Waals surface area contributed by atoms with Gasteiger partial charge >= 0.3 is 0 Å². The molecule has 0 saturated carbocycles. The molecule has 1 aliphatic rings. The van der Waals surface area contributed by atoms with E-state index in [4.69, 9.17) is 0 Å². The van der Waals surface area contributed by atoms with Gasteiger partial charge in [-0.25, -0.2) is 8.78 Å². The summed E-state index contributed by atoms with van der Waals surface area (Å²) in [7, 11) is 0. The summed E-state index contributed by atoms with van der Waals surface area (Å²) in [6, 6.07) is 3.50. The highest BCUT2D eigenvalue weighted by atomic mass is 32.2. The van der Waals surface area contributed by atoms with Crippen molar-refractivity contribution in [1.29, 1.82) is 0 Å². The van der Waals surface area contributed by atoms with Gasteiger partial charge in [0.25, 0.3) is 0 Å². The normalized spacial score (nSPS) is 21.2. The van der Waals surface area contributed by atoms with Gasteiger partial charge in [0.1, 0.15) is 0 Å². The molecule has 0 bridgehead atoms. The summed E-state index contributed by atoms with van der Waals surface area (Å²) in [5.41, 5.74) is 0.403. The standard InChI is InChI=1S/C13H17F2NOS/c14-11-4-3-9(6-12(11)15)13(17)8-16-7-10-2-1-5-18-10/h3-4,6,10,13,16-17H,1-2,5,7-8H2. The van der Waals surface area contributed by atoms with Crippen LogP contribution in [0, 0.1) is 11.6 Å². The molecule has 0 aromatic heterocycles. The quantitative estimate of drug-likeness (QED) is 0.864. The Morgan fingerprint density at radius 1 is 1.39 bits per heavy atom. The fraction of sp³-hybridized carbons (Fsp3) is 0.538. The van der Waals surface area contributed by atoms with Crippen molar-refractivity contribution in [2.45, 2.75) is 24.2 Å². The van der Waals surface area contributed by atoms with Crippen LogP contribution >= 0.6 is 11.8 Å². The Morgan fingerprint density at radius 2 is 2.22 bits per heavy atom. The molecular weight excluding hydrogens is 256 g/mol. The maximum atomic E-state index is 13.0. The van der Waals surface area contributed by atoms with Crippen LogP contribution in [0.3, 0.4) is 0 Å². The second-order valence-electron chi connectivity index (χ2n) is 4.48. The van der Waals surface area contributed by atoms with Gasteiger partial charge in [0.15, 0.2) is 11.6 Å². The average Bonchev–Trinajstić information content (AvgIpc) is 2.85. The lowest BCUT2D eigenvalue weighted by atomic mass is 10.1. The number of aliphatic hydroxyl groups excluding tert-OH is 1. The molecule has 2 N–H and O–H groups in total. The van der Waals surface area contributed by atoms with Crippen LogP contribution in [0.25, 0.3) is 0 Å². The van der Waals surface area contributed by atoms with Crippen LogP contribution in [-0.4, -0.2) is 29.2 Å². The van der Waals surface area contributed by atoms with E-state index in [-0.39, 0.29) is 0 Å². The van der Waals surface area contributed by atoms with Crippen LogP contribution in [0.4, 0.5) is 8.78 Å². The highest BCUT2D eigenvalue weighted by Gasteiger charge is 2.16. The van der Waals surface area contributed by atoms with E-state index in [0.717, 1.165) is 18.7 Å². The minimum Gasteiger partial charge on any atom is -0.387 e. The molecule has 5 heteroatoms. The van der Waals surface area contributed by atoms with Gasteiger partial charge < -0.3 is 10.4 Å². The molecule has 1 aromatic carbocycles.